The third-order valence-electron chi connectivity index (χ3n) is 4.23. The first kappa shape index (κ1) is 19.4. The summed E-state index contributed by atoms with van der Waals surface area (Å²) in [4.78, 5) is 0. The Morgan fingerprint density at radius 1 is 1.08 bits per heavy atom. The molecule has 2 rings (SSSR count). The fourth-order valence-corrected chi connectivity index (χ4v) is 2.88. The van der Waals surface area contributed by atoms with Crippen LogP contribution in [0, 0.1) is 5.82 Å². The predicted octanol–water partition coefficient (Wildman–Crippen LogP) is 2.89. The van der Waals surface area contributed by atoms with Crippen molar-refractivity contribution < 1.29 is 19.0 Å². The van der Waals surface area contributed by atoms with E-state index in [1.165, 1.54) is 12.1 Å². The molecule has 0 amide bonds. The minimum atomic E-state index is -1.12. The molecular weight excluding hydrogens is 321 g/mol. The second kappa shape index (κ2) is 9.51. The Hall–Kier alpha value is -1.95. The summed E-state index contributed by atoms with van der Waals surface area (Å²) in [6.45, 7) is 1.94. The summed E-state index contributed by atoms with van der Waals surface area (Å²) >= 11 is 0. The number of methoxy groups -OCH3 is 2. The second-order valence-electron chi connectivity index (χ2n) is 6.02. The van der Waals surface area contributed by atoms with Crippen LogP contribution in [0.3, 0.4) is 0 Å². The molecule has 2 N–H and O–H groups in total. The first-order valence-corrected chi connectivity index (χ1v) is 8.39. The Morgan fingerprint density at radius 2 is 1.84 bits per heavy atom. The average Bonchev–Trinajstić information content (AvgIpc) is 2.62. The van der Waals surface area contributed by atoms with Crippen molar-refractivity contribution in [2.75, 3.05) is 33.9 Å². The lowest BCUT2D eigenvalue weighted by Gasteiger charge is -2.30. The average molecular weight is 347 g/mol. The maximum atomic E-state index is 13.7. The van der Waals surface area contributed by atoms with Crippen molar-refractivity contribution in [1.29, 1.82) is 0 Å². The minimum Gasteiger partial charge on any atom is -0.496 e. The summed E-state index contributed by atoms with van der Waals surface area (Å²) in [5, 5.41) is 14.6. The quantitative estimate of drug-likeness (QED) is 0.649. The summed E-state index contributed by atoms with van der Waals surface area (Å²) in [6, 6.07) is 13.8. The molecule has 0 fully saturated rings. The molecule has 0 spiro atoms. The van der Waals surface area contributed by atoms with E-state index in [9.17, 15) is 9.50 Å². The van der Waals surface area contributed by atoms with Crippen LogP contribution in [0.5, 0.6) is 5.75 Å². The summed E-state index contributed by atoms with van der Waals surface area (Å²) in [7, 11) is 3.20. The largest absolute Gasteiger partial charge is 0.496 e. The minimum absolute atomic E-state index is 0.268. The van der Waals surface area contributed by atoms with Crippen molar-refractivity contribution >= 4 is 0 Å². The van der Waals surface area contributed by atoms with Crippen LogP contribution in [0.1, 0.15) is 17.5 Å². The Morgan fingerprint density at radius 3 is 2.52 bits per heavy atom. The zero-order valence-corrected chi connectivity index (χ0v) is 14.8. The first-order chi connectivity index (χ1) is 12.1. The second-order valence-corrected chi connectivity index (χ2v) is 6.02. The van der Waals surface area contributed by atoms with Crippen LogP contribution in [0.4, 0.5) is 4.39 Å². The van der Waals surface area contributed by atoms with E-state index < -0.39 is 5.60 Å². The number of benzene rings is 2. The highest BCUT2D eigenvalue weighted by molar-refractivity contribution is 5.37. The number of nitrogens with one attached hydrogen (secondary N) is 1. The third-order valence-corrected chi connectivity index (χ3v) is 4.23. The van der Waals surface area contributed by atoms with Gasteiger partial charge in [-0.3, -0.25) is 0 Å². The zero-order valence-electron chi connectivity index (χ0n) is 14.8. The lowest BCUT2D eigenvalue weighted by atomic mass is 9.84. The molecule has 2 aromatic carbocycles. The van der Waals surface area contributed by atoms with Crippen molar-refractivity contribution in [2.45, 2.75) is 18.4 Å². The molecule has 0 saturated carbocycles. The fourth-order valence-electron chi connectivity index (χ4n) is 2.88. The number of hydrogen-bond acceptors (Lipinski definition) is 4. The molecule has 0 aliphatic carbocycles. The van der Waals surface area contributed by atoms with Gasteiger partial charge in [-0.2, -0.15) is 0 Å². The van der Waals surface area contributed by atoms with Gasteiger partial charge >= 0.3 is 0 Å². The van der Waals surface area contributed by atoms with Gasteiger partial charge in [0, 0.05) is 25.6 Å². The first-order valence-electron chi connectivity index (χ1n) is 8.39. The molecule has 1 unspecified atom stereocenters. The number of rotatable bonds is 10. The maximum absolute atomic E-state index is 13.7. The maximum Gasteiger partial charge on any atom is 0.123 e. The van der Waals surface area contributed by atoms with Gasteiger partial charge in [0.15, 0.2) is 0 Å². The number of hydrogen-bond donors (Lipinski definition) is 2. The van der Waals surface area contributed by atoms with E-state index in [-0.39, 0.29) is 12.2 Å². The van der Waals surface area contributed by atoms with Crippen molar-refractivity contribution in [3.8, 4) is 5.75 Å². The van der Waals surface area contributed by atoms with E-state index in [0.717, 1.165) is 5.56 Å². The molecule has 2 aromatic rings. The van der Waals surface area contributed by atoms with Gasteiger partial charge in [0.05, 0.1) is 19.3 Å². The van der Waals surface area contributed by atoms with Gasteiger partial charge in [-0.15, -0.1) is 0 Å². The van der Waals surface area contributed by atoms with Gasteiger partial charge in [0.25, 0.3) is 0 Å². The van der Waals surface area contributed by atoms with E-state index in [4.69, 9.17) is 9.47 Å². The van der Waals surface area contributed by atoms with Gasteiger partial charge in [-0.05, 0) is 36.7 Å². The summed E-state index contributed by atoms with van der Waals surface area (Å²) in [5.74, 6) is 0.229. The Labute approximate surface area is 148 Å². The zero-order chi connectivity index (χ0) is 18.1. The van der Waals surface area contributed by atoms with Crippen LogP contribution in [0.25, 0.3) is 0 Å². The van der Waals surface area contributed by atoms with Gasteiger partial charge < -0.3 is 19.9 Å². The smallest absolute Gasteiger partial charge is 0.123 e. The molecule has 0 bridgehead atoms. The van der Waals surface area contributed by atoms with Crippen LogP contribution >= 0.6 is 0 Å². The highest BCUT2D eigenvalue weighted by Gasteiger charge is 2.30. The molecule has 4 nitrogen and oxygen atoms in total. The number of halogens is 1. The highest BCUT2D eigenvalue weighted by atomic mass is 19.1. The normalized spacial score (nSPS) is 13.4. The molecule has 0 aliphatic heterocycles. The molecule has 25 heavy (non-hydrogen) atoms. The molecule has 0 heterocycles. The van der Waals surface area contributed by atoms with E-state index >= 15 is 0 Å². The number of aliphatic hydroxyl groups is 1. The van der Waals surface area contributed by atoms with Crippen molar-refractivity contribution in [2.24, 2.45) is 0 Å². The molecule has 1 atom stereocenters. The van der Waals surface area contributed by atoms with Crippen molar-refractivity contribution in [1.82, 2.24) is 5.32 Å². The van der Waals surface area contributed by atoms with E-state index in [2.05, 4.69) is 5.32 Å². The van der Waals surface area contributed by atoms with Crippen molar-refractivity contribution in [3.63, 3.8) is 0 Å². The van der Waals surface area contributed by atoms with Crippen LogP contribution in [-0.2, 0) is 16.8 Å². The van der Waals surface area contributed by atoms with Gasteiger partial charge in [-0.1, -0.05) is 30.3 Å². The van der Waals surface area contributed by atoms with Gasteiger partial charge in [-0.25, -0.2) is 4.39 Å². The fraction of sp³-hybridized carbons (Fsp3) is 0.400. The molecule has 136 valence electrons. The molecule has 5 heteroatoms. The molecular formula is C20H26FNO3. The predicted molar refractivity (Wildman–Crippen MR) is 96.4 cm³/mol. The summed E-state index contributed by atoms with van der Waals surface area (Å²) in [5.41, 5.74) is 0.322. The van der Waals surface area contributed by atoms with Crippen LogP contribution in [0.2, 0.25) is 0 Å². The van der Waals surface area contributed by atoms with Gasteiger partial charge in [0.1, 0.15) is 11.6 Å². The lowest BCUT2D eigenvalue weighted by Crippen LogP contribution is -2.34. The molecule has 0 aliphatic rings. The topological polar surface area (TPSA) is 50.7 Å². The standard InChI is InChI=1S/C20H26FNO3/c1-24-13-12-22-11-10-20(23,17-6-4-3-5-7-17)15-16-14-18(21)8-9-19(16)25-2/h3-9,14,22-23H,10-13,15H2,1-2H3. The van der Waals surface area contributed by atoms with Crippen molar-refractivity contribution in [3.05, 3.63) is 65.5 Å². The van der Waals surface area contributed by atoms with Crippen LogP contribution < -0.4 is 10.1 Å². The van der Waals surface area contributed by atoms with E-state index in [1.54, 1.807) is 20.3 Å². The summed E-state index contributed by atoms with van der Waals surface area (Å²) < 4.78 is 24.0. The molecule has 0 radical (unpaired) electrons. The highest BCUT2D eigenvalue weighted by Crippen LogP contribution is 2.32. The molecule has 0 aromatic heterocycles. The third kappa shape index (κ3) is 5.53. The van der Waals surface area contributed by atoms with Crippen LogP contribution in [-0.4, -0.2) is 39.0 Å². The Balaban J connectivity index is 2.21. The lowest BCUT2D eigenvalue weighted by molar-refractivity contribution is 0.0270. The summed E-state index contributed by atoms with van der Waals surface area (Å²) in [6.07, 6.45) is 0.754. The van der Waals surface area contributed by atoms with E-state index in [0.29, 0.717) is 37.4 Å². The van der Waals surface area contributed by atoms with E-state index in [1.807, 2.05) is 30.3 Å². The number of ether oxygens (including phenoxy) is 2. The molecule has 0 saturated heterocycles. The Bertz CT molecular complexity index is 651. The van der Waals surface area contributed by atoms with Crippen LogP contribution in [0.15, 0.2) is 48.5 Å². The van der Waals surface area contributed by atoms with Gasteiger partial charge in [0.2, 0.25) is 0 Å². The monoisotopic (exact) mass is 347 g/mol. The Kier molecular flexibility index (Phi) is 7.37. The SMILES string of the molecule is COCCNCCC(O)(Cc1cc(F)ccc1OC)c1ccccc1.